The third-order valence-corrected chi connectivity index (χ3v) is 3.90. The zero-order valence-corrected chi connectivity index (χ0v) is 15.5. The number of carbonyl (C=O) groups excluding carboxylic acids is 1. The molecule has 0 aliphatic carbocycles. The maximum absolute atomic E-state index is 12.6. The van der Waals surface area contributed by atoms with Gasteiger partial charge in [-0.15, -0.1) is 0 Å². The Bertz CT molecular complexity index is 743. The molecule has 0 fully saturated rings. The van der Waals surface area contributed by atoms with Gasteiger partial charge in [-0.2, -0.15) is 0 Å². The van der Waals surface area contributed by atoms with Crippen molar-refractivity contribution in [2.45, 2.75) is 20.0 Å². The van der Waals surface area contributed by atoms with Crippen molar-refractivity contribution in [1.29, 1.82) is 0 Å². The van der Waals surface area contributed by atoms with Crippen LogP contribution in [0.15, 0.2) is 54.1 Å². The second-order valence-electron chi connectivity index (χ2n) is 5.65. The van der Waals surface area contributed by atoms with Crippen LogP contribution in [0.5, 0.6) is 11.5 Å². The monoisotopic (exact) mass is 356 g/mol. The highest BCUT2D eigenvalue weighted by atomic mass is 16.5. The minimum atomic E-state index is -1.01. The first-order chi connectivity index (χ1) is 12.5. The van der Waals surface area contributed by atoms with Gasteiger partial charge in [-0.3, -0.25) is 0 Å². The van der Waals surface area contributed by atoms with Gasteiger partial charge < -0.3 is 19.3 Å². The van der Waals surface area contributed by atoms with Crippen molar-refractivity contribution in [3.05, 3.63) is 65.2 Å². The van der Waals surface area contributed by atoms with E-state index in [1.165, 1.54) is 0 Å². The van der Waals surface area contributed by atoms with E-state index in [2.05, 4.69) is 0 Å². The predicted molar refractivity (Wildman–Crippen MR) is 100 cm³/mol. The van der Waals surface area contributed by atoms with Gasteiger partial charge in [-0.1, -0.05) is 24.3 Å². The van der Waals surface area contributed by atoms with Crippen LogP contribution < -0.4 is 9.47 Å². The lowest BCUT2D eigenvalue weighted by molar-refractivity contribution is -0.139. The molecule has 5 nitrogen and oxygen atoms in total. The lowest BCUT2D eigenvalue weighted by Crippen LogP contribution is -2.20. The number of aliphatic hydroxyl groups is 1. The molecule has 0 saturated heterocycles. The van der Waals surface area contributed by atoms with E-state index in [0.29, 0.717) is 17.1 Å². The Labute approximate surface area is 153 Å². The molecule has 1 unspecified atom stereocenters. The molecule has 26 heavy (non-hydrogen) atoms. The largest absolute Gasteiger partial charge is 0.497 e. The van der Waals surface area contributed by atoms with E-state index in [4.69, 9.17) is 14.2 Å². The predicted octanol–water partition coefficient (Wildman–Crippen LogP) is 3.45. The SMILES string of the molecule is CCOC(=O)C(=C(c1cccc(OC)c1)c1cccc(OC)c1)C(C)O. The molecule has 0 bridgehead atoms. The van der Waals surface area contributed by atoms with Crippen molar-refractivity contribution >= 4 is 11.5 Å². The number of hydrogen-bond donors (Lipinski definition) is 1. The van der Waals surface area contributed by atoms with Gasteiger partial charge in [0.15, 0.2) is 0 Å². The zero-order chi connectivity index (χ0) is 19.1. The molecule has 2 rings (SSSR count). The molecule has 138 valence electrons. The van der Waals surface area contributed by atoms with Crippen LogP contribution in [0.4, 0.5) is 0 Å². The summed E-state index contributed by atoms with van der Waals surface area (Å²) in [5.41, 5.74) is 2.24. The third-order valence-electron chi connectivity index (χ3n) is 3.90. The number of esters is 1. The van der Waals surface area contributed by atoms with E-state index < -0.39 is 12.1 Å². The van der Waals surface area contributed by atoms with Gasteiger partial charge in [0.25, 0.3) is 0 Å². The van der Waals surface area contributed by atoms with Gasteiger partial charge in [0.05, 0.1) is 32.5 Å². The lowest BCUT2D eigenvalue weighted by Gasteiger charge is -2.18. The Morgan fingerprint density at radius 3 is 1.88 bits per heavy atom. The van der Waals surface area contributed by atoms with Gasteiger partial charge in [0.2, 0.25) is 0 Å². The Morgan fingerprint density at radius 2 is 1.50 bits per heavy atom. The fraction of sp³-hybridized carbons (Fsp3) is 0.286. The first-order valence-corrected chi connectivity index (χ1v) is 8.40. The molecule has 0 aromatic heterocycles. The number of carbonyl (C=O) groups is 1. The van der Waals surface area contributed by atoms with Crippen molar-refractivity contribution in [2.24, 2.45) is 0 Å². The molecule has 5 heteroatoms. The van der Waals surface area contributed by atoms with E-state index in [1.54, 1.807) is 28.1 Å². The number of benzene rings is 2. The quantitative estimate of drug-likeness (QED) is 0.608. The van der Waals surface area contributed by atoms with Crippen molar-refractivity contribution in [3.63, 3.8) is 0 Å². The van der Waals surface area contributed by atoms with E-state index in [9.17, 15) is 9.90 Å². The molecule has 0 radical (unpaired) electrons. The van der Waals surface area contributed by atoms with Crippen molar-refractivity contribution in [3.8, 4) is 11.5 Å². The highest BCUT2D eigenvalue weighted by Gasteiger charge is 2.24. The Kier molecular flexibility index (Phi) is 6.81. The highest BCUT2D eigenvalue weighted by Crippen LogP contribution is 2.33. The van der Waals surface area contributed by atoms with Crippen molar-refractivity contribution < 1.29 is 24.1 Å². The Hall–Kier alpha value is -2.79. The van der Waals surface area contributed by atoms with E-state index in [0.717, 1.165) is 11.1 Å². The van der Waals surface area contributed by atoms with Crippen LogP contribution in [-0.2, 0) is 9.53 Å². The molecule has 1 atom stereocenters. The molecule has 0 spiro atoms. The minimum Gasteiger partial charge on any atom is -0.497 e. The smallest absolute Gasteiger partial charge is 0.337 e. The van der Waals surface area contributed by atoms with Gasteiger partial charge in [-0.25, -0.2) is 4.79 Å². The molecular weight excluding hydrogens is 332 g/mol. The molecule has 0 heterocycles. The number of hydrogen-bond acceptors (Lipinski definition) is 5. The first-order valence-electron chi connectivity index (χ1n) is 8.40. The van der Waals surface area contributed by atoms with Gasteiger partial charge in [0.1, 0.15) is 11.5 Å². The number of ether oxygens (including phenoxy) is 3. The summed E-state index contributed by atoms with van der Waals surface area (Å²) in [6, 6.07) is 14.7. The topological polar surface area (TPSA) is 65.0 Å². The zero-order valence-electron chi connectivity index (χ0n) is 15.5. The average Bonchev–Trinajstić information content (AvgIpc) is 2.65. The number of rotatable bonds is 7. The van der Waals surface area contributed by atoms with Crippen LogP contribution in [0, 0.1) is 0 Å². The summed E-state index contributed by atoms with van der Waals surface area (Å²) in [5, 5.41) is 10.3. The average molecular weight is 356 g/mol. The molecule has 1 N–H and O–H groups in total. The lowest BCUT2D eigenvalue weighted by atomic mass is 9.90. The second kappa shape index (κ2) is 9.06. The van der Waals surface area contributed by atoms with Crippen molar-refractivity contribution in [1.82, 2.24) is 0 Å². The minimum absolute atomic E-state index is 0.188. The maximum Gasteiger partial charge on any atom is 0.337 e. The molecule has 2 aromatic carbocycles. The summed E-state index contributed by atoms with van der Waals surface area (Å²) in [5.74, 6) is 0.747. The molecule has 0 amide bonds. The van der Waals surface area contributed by atoms with Crippen LogP contribution in [0.2, 0.25) is 0 Å². The molecule has 0 aliphatic heterocycles. The summed E-state index contributed by atoms with van der Waals surface area (Å²) in [4.78, 5) is 12.6. The summed E-state index contributed by atoms with van der Waals surface area (Å²) in [6.45, 7) is 3.50. The van der Waals surface area contributed by atoms with Crippen LogP contribution in [0.1, 0.15) is 25.0 Å². The molecule has 0 saturated carbocycles. The highest BCUT2D eigenvalue weighted by molar-refractivity contribution is 6.02. The molecule has 2 aromatic rings. The standard InChI is InChI=1S/C21H24O5/c1-5-26-21(23)19(14(2)22)20(15-8-6-10-17(12-15)24-3)16-9-7-11-18(13-16)25-4/h6-14,22H,5H2,1-4H3. The second-order valence-corrected chi connectivity index (χ2v) is 5.65. The normalized spacial score (nSPS) is 11.4. The summed E-state index contributed by atoms with van der Waals surface area (Å²) >= 11 is 0. The Morgan fingerprint density at radius 1 is 1.00 bits per heavy atom. The molecule has 0 aliphatic rings. The van der Waals surface area contributed by atoms with E-state index in [-0.39, 0.29) is 12.2 Å². The van der Waals surface area contributed by atoms with Crippen molar-refractivity contribution in [2.75, 3.05) is 20.8 Å². The number of aliphatic hydroxyl groups excluding tert-OH is 1. The summed E-state index contributed by atoms with van der Waals surface area (Å²) in [7, 11) is 3.16. The maximum atomic E-state index is 12.6. The summed E-state index contributed by atoms with van der Waals surface area (Å²) in [6.07, 6.45) is -1.01. The van der Waals surface area contributed by atoms with Gasteiger partial charge in [-0.05, 0) is 49.2 Å². The summed E-state index contributed by atoms with van der Waals surface area (Å²) < 4.78 is 15.8. The van der Waals surface area contributed by atoms with Crippen LogP contribution in [-0.4, -0.2) is 38.0 Å². The van der Waals surface area contributed by atoms with Crippen LogP contribution >= 0.6 is 0 Å². The van der Waals surface area contributed by atoms with Gasteiger partial charge in [0, 0.05) is 5.57 Å². The Balaban J connectivity index is 2.78. The van der Waals surface area contributed by atoms with E-state index in [1.807, 2.05) is 48.5 Å². The van der Waals surface area contributed by atoms with E-state index >= 15 is 0 Å². The van der Waals surface area contributed by atoms with Gasteiger partial charge >= 0.3 is 5.97 Å². The fourth-order valence-electron chi connectivity index (χ4n) is 2.73. The third kappa shape index (κ3) is 4.43. The van der Waals surface area contributed by atoms with Crippen LogP contribution in [0.25, 0.3) is 5.57 Å². The molecular formula is C21H24O5. The van der Waals surface area contributed by atoms with Crippen LogP contribution in [0.3, 0.4) is 0 Å². The fourth-order valence-corrected chi connectivity index (χ4v) is 2.73. The number of methoxy groups -OCH3 is 2. The first kappa shape index (κ1) is 19.5.